The van der Waals surface area contributed by atoms with E-state index < -0.39 is 59.8 Å². The number of para-hydroxylation sites is 4. The van der Waals surface area contributed by atoms with Crippen molar-refractivity contribution in [2.75, 3.05) is 9.80 Å². The van der Waals surface area contributed by atoms with E-state index in [1.165, 1.54) is 4.57 Å². The predicted molar refractivity (Wildman–Crippen MR) is 271 cm³/mol. The number of fused-ring (bicyclic) bond motifs is 4. The van der Waals surface area contributed by atoms with Crippen LogP contribution in [0.5, 0.6) is 11.5 Å². The van der Waals surface area contributed by atoms with E-state index in [2.05, 4.69) is 76.9 Å². The molecule has 6 heteroatoms. The summed E-state index contributed by atoms with van der Waals surface area (Å²) in [5.74, 6) is -0.0583. The first kappa shape index (κ1) is 31.5. The van der Waals surface area contributed by atoms with E-state index in [-0.39, 0.29) is 101 Å². The standard InChI is InChI=1S/C60H55N4O.Pt/c1-58(2,3)42-31-32-61-56(36-42)64-52-26-14-13-23-50(52)51-30-29-47(38-55(51)64)65-46-22-17-21-45(37-46)62-39-63(54-28-16-15-27-53(54)62)57-48(40-19-11-10-12-20-40)24-18-25-49(57)41-33-43(59(4,5)6)35-44(34-41)60(7,8)9;/h10-36,39H,1-9H3;/q-3;/i10D,11D,12D,13D,14D,19D,20D,23D,26D,29D,30D,31D,32D;. The van der Waals surface area contributed by atoms with Crippen LogP contribution in [0.3, 0.4) is 0 Å². The third-order valence-corrected chi connectivity index (χ3v) is 11.7. The largest absolute Gasteiger partial charge is 0.509 e. The zero-order valence-electron chi connectivity index (χ0n) is 51.2. The number of pyridine rings is 1. The topological polar surface area (TPSA) is 33.5 Å². The Balaban J connectivity index is 0.00000757. The monoisotopic (exact) mass is 1060 g/mol. The number of hydrogen-bond acceptors (Lipinski definition) is 4. The quantitative estimate of drug-likeness (QED) is 0.149. The zero-order chi connectivity index (χ0) is 56.6. The molecule has 0 aliphatic carbocycles. The average molecular weight is 1060 g/mol. The van der Waals surface area contributed by atoms with Crippen molar-refractivity contribution in [3.8, 4) is 39.6 Å². The van der Waals surface area contributed by atoms with Crippen molar-refractivity contribution in [3.05, 3.63) is 199 Å². The number of ether oxygens (including phenoxy) is 1. The zero-order valence-corrected chi connectivity index (χ0v) is 40.4. The summed E-state index contributed by atoms with van der Waals surface area (Å²) in [5, 5.41) is -0.0360. The van der Waals surface area contributed by atoms with Crippen LogP contribution in [-0.2, 0) is 37.3 Å². The summed E-state index contributed by atoms with van der Waals surface area (Å²) in [4.78, 5) is 8.27. The van der Waals surface area contributed by atoms with Gasteiger partial charge in [0.05, 0.1) is 15.1 Å². The van der Waals surface area contributed by atoms with Crippen molar-refractivity contribution < 1.29 is 43.6 Å². The van der Waals surface area contributed by atoms with Crippen LogP contribution >= 0.6 is 0 Å². The van der Waals surface area contributed by atoms with E-state index in [0.717, 1.165) is 22.3 Å². The number of benzene rings is 7. The summed E-state index contributed by atoms with van der Waals surface area (Å²) in [6.07, 6.45) is -0.364. The molecular weight excluding hydrogens is 988 g/mol. The van der Waals surface area contributed by atoms with Crippen LogP contribution in [0.1, 0.15) is 96.8 Å². The van der Waals surface area contributed by atoms with E-state index in [1.807, 2.05) is 79.7 Å². The van der Waals surface area contributed by atoms with Gasteiger partial charge >= 0.3 is 0 Å². The molecule has 2 aromatic heterocycles. The molecule has 0 N–H and O–H groups in total. The third kappa shape index (κ3) is 8.35. The molecule has 1 aliphatic rings. The summed E-state index contributed by atoms with van der Waals surface area (Å²) in [6, 6.07) is 28.0. The normalized spacial score (nSPS) is 15.7. The SMILES string of the molecule is [2H]c1nc(-n2c3[c-]c(Oc4[c-]c(N5[CH-]N(c6c(-c7cc(C(C)(C)C)cc(C(C)(C)C)c7)cccc6-c6c([2H])c([2H])c([2H])c([2H])c6[2H])c6ccccc65)ccc4)c([2H])c([2H])c3c3c([2H])c([2H])c([2H])c([2H])c32)cc(C(C)(C)C)c1[2H].[Pt]. The molecule has 5 nitrogen and oxygen atoms in total. The molecule has 0 unspecified atom stereocenters. The molecule has 0 amide bonds. The minimum Gasteiger partial charge on any atom is -0.509 e. The Morgan fingerprint density at radius 1 is 0.561 bits per heavy atom. The molecule has 334 valence electrons. The molecule has 0 spiro atoms. The summed E-state index contributed by atoms with van der Waals surface area (Å²) < 4.78 is 124. The second-order valence-electron chi connectivity index (χ2n) is 19.3. The number of nitrogens with zero attached hydrogens (tertiary/aromatic N) is 4. The molecule has 1 aliphatic heterocycles. The van der Waals surface area contributed by atoms with Gasteiger partial charge in [-0.15, -0.1) is 48.1 Å². The van der Waals surface area contributed by atoms with E-state index >= 15 is 0 Å². The van der Waals surface area contributed by atoms with Crippen molar-refractivity contribution in [2.45, 2.75) is 78.6 Å². The molecule has 7 aromatic carbocycles. The smallest absolute Gasteiger partial charge is 0.135 e. The van der Waals surface area contributed by atoms with Gasteiger partial charge in [0.25, 0.3) is 0 Å². The molecule has 66 heavy (non-hydrogen) atoms. The third-order valence-electron chi connectivity index (χ3n) is 11.7. The van der Waals surface area contributed by atoms with Gasteiger partial charge in [0.2, 0.25) is 0 Å². The minimum atomic E-state index is -0.634. The average Bonchev–Trinajstić information content (AvgIpc) is 4.21. The molecular formula is C60H55N4OPt-3. The number of anilines is 4. The molecule has 9 aromatic rings. The van der Waals surface area contributed by atoms with Crippen molar-refractivity contribution >= 4 is 44.6 Å². The maximum absolute atomic E-state index is 9.41. The molecule has 10 rings (SSSR count). The van der Waals surface area contributed by atoms with Gasteiger partial charge in [0.15, 0.2) is 0 Å². The Bertz CT molecular complexity index is 3950. The number of hydrogen-bond donors (Lipinski definition) is 0. The van der Waals surface area contributed by atoms with Gasteiger partial charge in [-0.3, -0.25) is 0 Å². The fraction of sp³-hybridized carbons (Fsp3) is 0.200. The van der Waals surface area contributed by atoms with E-state index in [4.69, 9.17) is 17.1 Å². The van der Waals surface area contributed by atoms with Crippen LogP contribution in [0.4, 0.5) is 22.7 Å². The number of aromatic nitrogens is 2. The Morgan fingerprint density at radius 3 is 1.89 bits per heavy atom. The summed E-state index contributed by atoms with van der Waals surface area (Å²) in [5.41, 5.74) is 6.00. The fourth-order valence-corrected chi connectivity index (χ4v) is 8.14. The van der Waals surface area contributed by atoms with E-state index in [1.54, 1.807) is 24.3 Å². The first-order valence-electron chi connectivity index (χ1n) is 28.1. The Morgan fingerprint density at radius 2 is 1.20 bits per heavy atom. The van der Waals surface area contributed by atoms with Crippen LogP contribution in [-0.4, -0.2) is 9.55 Å². The van der Waals surface area contributed by atoms with Crippen LogP contribution in [0.15, 0.2) is 164 Å². The molecule has 0 saturated carbocycles. The van der Waals surface area contributed by atoms with Crippen LogP contribution in [0.25, 0.3) is 49.9 Å². The van der Waals surface area contributed by atoms with Crippen LogP contribution < -0.4 is 14.5 Å². The summed E-state index contributed by atoms with van der Waals surface area (Å²) in [7, 11) is 0. The van der Waals surface area contributed by atoms with Gasteiger partial charge in [-0.2, -0.15) is 12.1 Å². The molecule has 0 fully saturated rings. The van der Waals surface area contributed by atoms with Crippen molar-refractivity contribution in [3.63, 3.8) is 0 Å². The second-order valence-corrected chi connectivity index (χ2v) is 19.3. The molecule has 0 atom stereocenters. The van der Waals surface area contributed by atoms with Gasteiger partial charge in [-0.25, -0.2) is 4.98 Å². The molecule has 0 saturated heterocycles. The predicted octanol–water partition coefficient (Wildman–Crippen LogP) is 16.2. The maximum Gasteiger partial charge on any atom is 0.135 e. The molecule has 0 bridgehead atoms. The second kappa shape index (κ2) is 17.1. The number of rotatable bonds is 7. The molecule has 0 radical (unpaired) electrons. The van der Waals surface area contributed by atoms with E-state index in [9.17, 15) is 5.48 Å². The van der Waals surface area contributed by atoms with Crippen LogP contribution in [0, 0.1) is 18.8 Å². The van der Waals surface area contributed by atoms with Gasteiger partial charge in [0, 0.05) is 73.8 Å². The molecule has 3 heterocycles. The van der Waals surface area contributed by atoms with Crippen molar-refractivity contribution in [1.82, 2.24) is 9.55 Å². The maximum atomic E-state index is 9.41. The Labute approximate surface area is 423 Å². The van der Waals surface area contributed by atoms with Gasteiger partial charge < -0.3 is 19.1 Å². The Kier molecular flexibility index (Phi) is 8.16. The van der Waals surface area contributed by atoms with Gasteiger partial charge in [-0.05, 0) is 81.1 Å². The van der Waals surface area contributed by atoms with E-state index in [0.29, 0.717) is 33.9 Å². The van der Waals surface area contributed by atoms with Gasteiger partial charge in [0.1, 0.15) is 5.82 Å². The van der Waals surface area contributed by atoms with Gasteiger partial charge in [-0.1, -0.05) is 165 Å². The van der Waals surface area contributed by atoms with Crippen molar-refractivity contribution in [1.29, 1.82) is 0 Å². The van der Waals surface area contributed by atoms with Crippen molar-refractivity contribution in [2.24, 2.45) is 0 Å². The summed E-state index contributed by atoms with van der Waals surface area (Å²) >= 11 is 0. The van der Waals surface area contributed by atoms with Crippen LogP contribution in [0.2, 0.25) is 0 Å². The fourth-order valence-electron chi connectivity index (χ4n) is 8.14. The Hall–Kier alpha value is -6.42. The first-order chi connectivity index (χ1) is 36.5. The first-order valence-corrected chi connectivity index (χ1v) is 21.6. The summed E-state index contributed by atoms with van der Waals surface area (Å²) in [6.45, 7) is 20.4. The minimum absolute atomic E-state index is 0.